The van der Waals surface area contributed by atoms with E-state index in [0.717, 1.165) is 12.0 Å². The predicted molar refractivity (Wildman–Crippen MR) is 76.0 cm³/mol. The van der Waals surface area contributed by atoms with Gasteiger partial charge >= 0.3 is 5.97 Å². The van der Waals surface area contributed by atoms with Gasteiger partial charge in [-0.2, -0.15) is 0 Å². The molecule has 0 radical (unpaired) electrons. The van der Waals surface area contributed by atoms with E-state index in [-0.39, 0.29) is 0 Å². The van der Waals surface area contributed by atoms with Crippen molar-refractivity contribution in [1.29, 1.82) is 0 Å². The monoisotopic (exact) mass is 275 g/mol. The van der Waals surface area contributed by atoms with Crippen LogP contribution in [-0.4, -0.2) is 25.9 Å². The van der Waals surface area contributed by atoms with Gasteiger partial charge in [-0.1, -0.05) is 24.6 Å². The van der Waals surface area contributed by atoms with E-state index in [1.165, 1.54) is 0 Å². The predicted octanol–water partition coefficient (Wildman–Crippen LogP) is 2.80. The van der Waals surface area contributed by atoms with Gasteiger partial charge in [-0.25, -0.2) is 4.79 Å². The average molecular weight is 275 g/mol. The molecule has 106 valence electrons. The molecule has 0 unspecified atom stereocenters. The molecule has 1 aromatic carbocycles. The van der Waals surface area contributed by atoms with E-state index >= 15 is 0 Å². The summed E-state index contributed by atoms with van der Waals surface area (Å²) in [5, 5.41) is 3.80. The van der Waals surface area contributed by atoms with E-state index in [4.69, 9.17) is 14.3 Å². The quantitative estimate of drug-likeness (QED) is 0.612. The normalized spacial score (nSPS) is 16.1. The molecule has 0 bridgehead atoms. The number of oxime groups is 1. The molecule has 5 heteroatoms. The molecule has 0 saturated heterocycles. The number of benzene rings is 1. The van der Waals surface area contributed by atoms with E-state index in [2.05, 4.69) is 5.16 Å². The molecule has 1 aliphatic heterocycles. The second kappa shape index (κ2) is 6.23. The van der Waals surface area contributed by atoms with Crippen LogP contribution in [0.1, 0.15) is 25.3 Å². The van der Waals surface area contributed by atoms with E-state index in [1.54, 1.807) is 32.4 Å². The van der Waals surface area contributed by atoms with Crippen LogP contribution in [0.15, 0.2) is 28.9 Å². The number of carbonyl (C=O) groups excluding carboxylic acids is 1. The summed E-state index contributed by atoms with van der Waals surface area (Å²) in [7, 11) is 3.15. The van der Waals surface area contributed by atoms with Crippen LogP contribution >= 0.6 is 0 Å². The molecule has 0 saturated carbocycles. The highest BCUT2D eigenvalue weighted by molar-refractivity contribution is 6.25. The third kappa shape index (κ3) is 2.82. The van der Waals surface area contributed by atoms with Gasteiger partial charge in [-0.3, -0.25) is 0 Å². The minimum Gasteiger partial charge on any atom is -0.493 e. The lowest BCUT2D eigenvalue weighted by Gasteiger charge is -2.08. The molecular formula is C15H17NO4. The number of methoxy groups -OCH3 is 2. The lowest BCUT2D eigenvalue weighted by atomic mass is 10.0. The standard InChI is InChI=1S/C15H17NO4/c1-4-5-12-11(15(17)20-16-12)8-10-6-7-13(18-2)14(9-10)19-3/h6-9H,4-5H2,1-3H3. The van der Waals surface area contributed by atoms with Gasteiger partial charge in [0.05, 0.1) is 25.5 Å². The van der Waals surface area contributed by atoms with Gasteiger partial charge < -0.3 is 14.3 Å². The van der Waals surface area contributed by atoms with Gasteiger partial charge in [-0.05, 0) is 30.2 Å². The zero-order valence-corrected chi connectivity index (χ0v) is 11.8. The third-order valence-electron chi connectivity index (χ3n) is 2.97. The Morgan fingerprint density at radius 3 is 2.65 bits per heavy atom. The summed E-state index contributed by atoms with van der Waals surface area (Å²) in [6.45, 7) is 2.03. The van der Waals surface area contributed by atoms with Crippen LogP contribution in [0, 0.1) is 0 Å². The second-order valence-electron chi connectivity index (χ2n) is 4.34. The molecule has 1 aliphatic rings. The topological polar surface area (TPSA) is 57.1 Å². The molecular weight excluding hydrogens is 258 g/mol. The van der Waals surface area contributed by atoms with Crippen LogP contribution in [0.25, 0.3) is 6.08 Å². The van der Waals surface area contributed by atoms with Crippen LogP contribution in [0.2, 0.25) is 0 Å². The first kappa shape index (κ1) is 14.1. The van der Waals surface area contributed by atoms with E-state index in [1.807, 2.05) is 13.0 Å². The van der Waals surface area contributed by atoms with Crippen molar-refractivity contribution in [2.75, 3.05) is 14.2 Å². The Morgan fingerprint density at radius 1 is 1.25 bits per heavy atom. The summed E-state index contributed by atoms with van der Waals surface area (Å²) < 4.78 is 10.4. The lowest BCUT2D eigenvalue weighted by Crippen LogP contribution is -2.05. The summed E-state index contributed by atoms with van der Waals surface area (Å²) >= 11 is 0. The summed E-state index contributed by atoms with van der Waals surface area (Å²) in [4.78, 5) is 16.4. The number of carbonyl (C=O) groups is 1. The Kier molecular flexibility index (Phi) is 4.40. The maximum absolute atomic E-state index is 11.7. The maximum atomic E-state index is 11.7. The van der Waals surface area contributed by atoms with E-state index in [0.29, 0.717) is 29.2 Å². The highest BCUT2D eigenvalue weighted by Crippen LogP contribution is 2.29. The molecule has 5 nitrogen and oxygen atoms in total. The van der Waals surface area contributed by atoms with Crippen molar-refractivity contribution in [3.05, 3.63) is 29.3 Å². The fourth-order valence-corrected chi connectivity index (χ4v) is 1.98. The molecule has 2 rings (SSSR count). The highest BCUT2D eigenvalue weighted by Gasteiger charge is 2.24. The van der Waals surface area contributed by atoms with Gasteiger partial charge in [0.15, 0.2) is 11.5 Å². The SMILES string of the molecule is CCCC1=NOC(=O)C1=Cc1ccc(OC)c(OC)c1. The fourth-order valence-electron chi connectivity index (χ4n) is 1.98. The van der Waals surface area contributed by atoms with Gasteiger partial charge in [0.2, 0.25) is 0 Å². The van der Waals surface area contributed by atoms with Crippen molar-refractivity contribution in [3.63, 3.8) is 0 Å². The van der Waals surface area contributed by atoms with Crippen molar-refractivity contribution in [3.8, 4) is 11.5 Å². The molecule has 0 aromatic heterocycles. The molecule has 0 N–H and O–H groups in total. The molecule has 0 spiro atoms. The van der Waals surface area contributed by atoms with E-state index in [9.17, 15) is 4.79 Å². The van der Waals surface area contributed by atoms with Crippen molar-refractivity contribution in [2.45, 2.75) is 19.8 Å². The second-order valence-corrected chi connectivity index (χ2v) is 4.34. The van der Waals surface area contributed by atoms with Crippen LogP contribution < -0.4 is 9.47 Å². The van der Waals surface area contributed by atoms with Crippen molar-refractivity contribution in [1.82, 2.24) is 0 Å². The Labute approximate surface area is 117 Å². The molecule has 1 aromatic rings. The number of hydrogen-bond donors (Lipinski definition) is 0. The maximum Gasteiger partial charge on any atom is 0.367 e. The highest BCUT2D eigenvalue weighted by atomic mass is 16.7. The van der Waals surface area contributed by atoms with Crippen molar-refractivity contribution < 1.29 is 19.1 Å². The zero-order chi connectivity index (χ0) is 14.5. The molecule has 0 atom stereocenters. The Bertz CT molecular complexity index is 575. The first-order chi connectivity index (χ1) is 9.69. The van der Waals surface area contributed by atoms with Gasteiger partial charge in [0, 0.05) is 0 Å². The Morgan fingerprint density at radius 2 is 2.00 bits per heavy atom. The van der Waals surface area contributed by atoms with Gasteiger partial charge in [0.1, 0.15) is 0 Å². The largest absolute Gasteiger partial charge is 0.493 e. The Balaban J connectivity index is 2.34. The summed E-state index contributed by atoms with van der Waals surface area (Å²) in [6, 6.07) is 5.45. The first-order valence-electron chi connectivity index (χ1n) is 6.42. The molecule has 20 heavy (non-hydrogen) atoms. The van der Waals surface area contributed by atoms with E-state index < -0.39 is 5.97 Å². The fraction of sp³-hybridized carbons (Fsp3) is 0.333. The van der Waals surface area contributed by atoms with Crippen LogP contribution in [0.5, 0.6) is 11.5 Å². The van der Waals surface area contributed by atoms with Gasteiger partial charge in [-0.15, -0.1) is 0 Å². The molecule has 0 aliphatic carbocycles. The summed E-state index contributed by atoms with van der Waals surface area (Å²) in [6.07, 6.45) is 3.37. The van der Waals surface area contributed by atoms with Crippen molar-refractivity contribution >= 4 is 17.8 Å². The number of hydrogen-bond acceptors (Lipinski definition) is 5. The first-order valence-corrected chi connectivity index (χ1v) is 6.42. The Hall–Kier alpha value is -2.30. The van der Waals surface area contributed by atoms with Crippen LogP contribution in [0.3, 0.4) is 0 Å². The summed E-state index contributed by atoms with van der Waals surface area (Å²) in [5.41, 5.74) is 2.02. The minimum atomic E-state index is -0.414. The molecule has 1 heterocycles. The van der Waals surface area contributed by atoms with Crippen LogP contribution in [0.4, 0.5) is 0 Å². The molecule has 0 amide bonds. The lowest BCUT2D eigenvalue weighted by molar-refractivity contribution is -0.136. The number of ether oxygens (including phenoxy) is 2. The van der Waals surface area contributed by atoms with Crippen LogP contribution in [-0.2, 0) is 9.63 Å². The smallest absolute Gasteiger partial charge is 0.367 e. The minimum absolute atomic E-state index is 0.414. The number of nitrogens with zero attached hydrogens (tertiary/aromatic N) is 1. The third-order valence-corrected chi connectivity index (χ3v) is 2.97. The summed E-state index contributed by atoms with van der Waals surface area (Å²) in [5.74, 6) is 0.844. The number of rotatable bonds is 5. The zero-order valence-electron chi connectivity index (χ0n) is 11.8. The van der Waals surface area contributed by atoms with Crippen molar-refractivity contribution in [2.24, 2.45) is 5.16 Å². The van der Waals surface area contributed by atoms with Gasteiger partial charge in [0.25, 0.3) is 0 Å². The average Bonchev–Trinajstić information content (AvgIpc) is 2.80. The molecule has 0 fully saturated rings.